The predicted octanol–water partition coefficient (Wildman–Crippen LogP) is 6.04. The van der Waals surface area contributed by atoms with Crippen molar-refractivity contribution in [3.8, 4) is 0 Å². The zero-order valence-corrected chi connectivity index (χ0v) is 18.1. The van der Waals surface area contributed by atoms with Crippen molar-refractivity contribution < 1.29 is 9.90 Å². The Morgan fingerprint density at radius 3 is 2.52 bits per heavy atom. The van der Waals surface area contributed by atoms with Gasteiger partial charge in [0.2, 0.25) is 0 Å². The molecule has 0 aliphatic heterocycles. The molecule has 4 saturated carbocycles. The van der Waals surface area contributed by atoms with Gasteiger partial charge in [0.25, 0.3) is 0 Å². The lowest BCUT2D eigenvalue weighted by Gasteiger charge is -2.60. The topological polar surface area (TPSA) is 37.3 Å². The highest BCUT2D eigenvalue weighted by Crippen LogP contribution is 2.68. The first-order chi connectivity index (χ1) is 13.9. The Hall–Kier alpha value is -1.41. The van der Waals surface area contributed by atoms with Crippen LogP contribution in [-0.4, -0.2) is 16.5 Å². The summed E-state index contributed by atoms with van der Waals surface area (Å²) in [7, 11) is 0. The molecule has 2 nitrogen and oxygen atoms in total. The molecule has 156 valence electrons. The van der Waals surface area contributed by atoms with E-state index in [-0.39, 0.29) is 5.41 Å². The molecule has 0 bridgehead atoms. The molecule has 0 spiro atoms. The molecular formula is C27H36O2. The van der Waals surface area contributed by atoms with Gasteiger partial charge in [-0.15, -0.1) is 0 Å². The first-order valence-corrected chi connectivity index (χ1v) is 11.8. The average molecular weight is 393 g/mol. The first kappa shape index (κ1) is 19.5. The van der Waals surface area contributed by atoms with Gasteiger partial charge in [0.1, 0.15) is 5.78 Å². The lowest BCUT2D eigenvalue weighted by atomic mass is 9.44. The van der Waals surface area contributed by atoms with Gasteiger partial charge >= 0.3 is 0 Å². The van der Waals surface area contributed by atoms with E-state index in [0.717, 1.165) is 50.4 Å². The van der Waals surface area contributed by atoms with Gasteiger partial charge in [0.05, 0.1) is 5.60 Å². The van der Waals surface area contributed by atoms with E-state index in [9.17, 15) is 9.90 Å². The van der Waals surface area contributed by atoms with E-state index in [2.05, 4.69) is 50.3 Å². The van der Waals surface area contributed by atoms with Crippen molar-refractivity contribution in [3.05, 3.63) is 42.0 Å². The van der Waals surface area contributed by atoms with Crippen LogP contribution in [-0.2, 0) is 4.79 Å². The second-order valence-corrected chi connectivity index (χ2v) is 11.1. The second kappa shape index (κ2) is 6.80. The average Bonchev–Trinajstić information content (AvgIpc) is 2.99. The van der Waals surface area contributed by atoms with Gasteiger partial charge in [-0.3, -0.25) is 4.79 Å². The highest BCUT2D eigenvalue weighted by molar-refractivity contribution is 5.79. The maximum atomic E-state index is 12.1. The third-order valence-corrected chi connectivity index (χ3v) is 10.0. The third-order valence-electron chi connectivity index (χ3n) is 10.0. The quantitative estimate of drug-likeness (QED) is 0.666. The Kier molecular flexibility index (Phi) is 4.59. The maximum absolute atomic E-state index is 12.1. The summed E-state index contributed by atoms with van der Waals surface area (Å²) in [5.74, 6) is 3.18. The summed E-state index contributed by atoms with van der Waals surface area (Å²) in [6.07, 6.45) is 13.8. The number of carbonyl (C=O) groups is 1. The van der Waals surface area contributed by atoms with Crippen LogP contribution in [0.1, 0.15) is 77.2 Å². The monoisotopic (exact) mass is 392 g/mol. The summed E-state index contributed by atoms with van der Waals surface area (Å²) in [5, 5.41) is 11.8. The summed E-state index contributed by atoms with van der Waals surface area (Å²) in [6, 6.07) is 10.4. The van der Waals surface area contributed by atoms with E-state index in [1.54, 1.807) is 0 Å². The van der Waals surface area contributed by atoms with Crippen LogP contribution < -0.4 is 0 Å². The van der Waals surface area contributed by atoms with Crippen molar-refractivity contribution >= 4 is 11.9 Å². The molecule has 7 atom stereocenters. The van der Waals surface area contributed by atoms with Crippen molar-refractivity contribution in [2.45, 2.75) is 77.2 Å². The lowest BCUT2D eigenvalue weighted by Crippen LogP contribution is -2.56. The fraction of sp³-hybridized carbons (Fsp3) is 0.667. The SMILES string of the molecule is CC12CCC(=O)CC1CCC1C2CCC2(C)C1CCC2(O)/C=C/c1ccccc1. The van der Waals surface area contributed by atoms with Crippen LogP contribution in [0.3, 0.4) is 0 Å². The minimum absolute atomic E-state index is 0.0207. The van der Waals surface area contributed by atoms with Crippen LogP contribution in [0.25, 0.3) is 6.08 Å². The molecule has 0 heterocycles. The van der Waals surface area contributed by atoms with Gasteiger partial charge in [-0.25, -0.2) is 0 Å². The Morgan fingerprint density at radius 2 is 1.72 bits per heavy atom. The molecule has 4 aliphatic rings. The normalized spacial score (nSPS) is 46.9. The van der Waals surface area contributed by atoms with Crippen molar-refractivity contribution in [2.24, 2.45) is 34.5 Å². The van der Waals surface area contributed by atoms with E-state index in [1.807, 2.05) is 6.07 Å². The molecular weight excluding hydrogens is 356 g/mol. The number of hydrogen-bond acceptors (Lipinski definition) is 2. The number of Topliss-reactive ketones (excluding diaryl/α,β-unsaturated/α-hetero) is 1. The summed E-state index contributed by atoms with van der Waals surface area (Å²) >= 11 is 0. The van der Waals surface area contributed by atoms with E-state index in [4.69, 9.17) is 0 Å². The number of ketones is 1. The molecule has 0 amide bonds. The first-order valence-electron chi connectivity index (χ1n) is 11.8. The molecule has 4 aliphatic carbocycles. The molecule has 4 fully saturated rings. The lowest BCUT2D eigenvalue weighted by molar-refractivity contribution is -0.148. The molecule has 2 heteroatoms. The van der Waals surface area contributed by atoms with E-state index >= 15 is 0 Å². The van der Waals surface area contributed by atoms with Crippen LogP contribution in [0.5, 0.6) is 0 Å². The molecule has 29 heavy (non-hydrogen) atoms. The van der Waals surface area contributed by atoms with Gasteiger partial charge in [-0.1, -0.05) is 56.3 Å². The number of fused-ring (bicyclic) bond motifs is 5. The molecule has 7 unspecified atom stereocenters. The van der Waals surface area contributed by atoms with Crippen molar-refractivity contribution in [1.29, 1.82) is 0 Å². The number of hydrogen-bond donors (Lipinski definition) is 1. The smallest absolute Gasteiger partial charge is 0.133 e. The standard InChI is InChI=1S/C27H36O2/c1-25-14-11-21(28)18-20(25)8-9-22-23(25)12-15-26(2)24(22)13-17-27(26,29)16-10-19-6-4-3-5-7-19/h3-7,10,16,20,22-24,29H,8-9,11-15,17-18H2,1-2H3/b16-10+. The summed E-state index contributed by atoms with van der Waals surface area (Å²) < 4.78 is 0. The summed E-state index contributed by atoms with van der Waals surface area (Å²) in [6.45, 7) is 4.87. The molecule has 1 aromatic rings. The maximum Gasteiger partial charge on any atom is 0.133 e. The Bertz CT molecular complexity index is 813. The largest absolute Gasteiger partial charge is 0.385 e. The van der Waals surface area contributed by atoms with Crippen LogP contribution >= 0.6 is 0 Å². The third kappa shape index (κ3) is 2.89. The number of rotatable bonds is 2. The van der Waals surface area contributed by atoms with Crippen molar-refractivity contribution in [2.75, 3.05) is 0 Å². The van der Waals surface area contributed by atoms with Crippen LogP contribution in [0.4, 0.5) is 0 Å². The minimum atomic E-state index is -0.696. The second-order valence-electron chi connectivity index (χ2n) is 11.1. The number of carbonyl (C=O) groups excluding carboxylic acids is 1. The highest BCUT2D eigenvalue weighted by atomic mass is 16.3. The van der Waals surface area contributed by atoms with Gasteiger partial charge < -0.3 is 5.11 Å². The van der Waals surface area contributed by atoms with Gasteiger partial charge in [0.15, 0.2) is 0 Å². The fourth-order valence-electron chi connectivity index (χ4n) is 8.17. The molecule has 5 rings (SSSR count). The van der Waals surface area contributed by atoms with Crippen LogP contribution in [0, 0.1) is 34.5 Å². The Balaban J connectivity index is 1.41. The summed E-state index contributed by atoms with van der Waals surface area (Å²) in [4.78, 5) is 12.1. The van der Waals surface area contributed by atoms with Gasteiger partial charge in [0, 0.05) is 18.3 Å². The number of aliphatic hydroxyl groups is 1. The molecule has 1 aromatic carbocycles. The van der Waals surface area contributed by atoms with E-state index < -0.39 is 5.60 Å². The van der Waals surface area contributed by atoms with Crippen molar-refractivity contribution in [1.82, 2.24) is 0 Å². The molecule has 1 N–H and O–H groups in total. The number of benzene rings is 1. The molecule has 0 aromatic heterocycles. The van der Waals surface area contributed by atoms with Crippen LogP contribution in [0.15, 0.2) is 36.4 Å². The molecule has 0 radical (unpaired) electrons. The molecule has 0 saturated heterocycles. The zero-order chi connectivity index (χ0) is 20.3. The van der Waals surface area contributed by atoms with Crippen LogP contribution in [0.2, 0.25) is 0 Å². The van der Waals surface area contributed by atoms with E-state index in [1.165, 1.54) is 24.8 Å². The van der Waals surface area contributed by atoms with Gasteiger partial charge in [-0.05, 0) is 79.6 Å². The Morgan fingerprint density at radius 1 is 0.966 bits per heavy atom. The van der Waals surface area contributed by atoms with Crippen molar-refractivity contribution in [3.63, 3.8) is 0 Å². The van der Waals surface area contributed by atoms with E-state index in [0.29, 0.717) is 23.0 Å². The highest BCUT2D eigenvalue weighted by Gasteiger charge is 2.63. The van der Waals surface area contributed by atoms with Gasteiger partial charge in [-0.2, -0.15) is 0 Å². The minimum Gasteiger partial charge on any atom is -0.385 e. The Labute approximate surface area is 175 Å². The zero-order valence-electron chi connectivity index (χ0n) is 18.1. The fourth-order valence-corrected chi connectivity index (χ4v) is 8.17. The predicted molar refractivity (Wildman–Crippen MR) is 117 cm³/mol. The summed E-state index contributed by atoms with van der Waals surface area (Å²) in [5.41, 5.74) is 0.798.